The van der Waals surface area contributed by atoms with Crippen LogP contribution in [0.25, 0.3) is 22.5 Å². The smallest absolute Gasteiger partial charge is 0.337 e. The molecule has 3 nitrogen and oxygen atoms in total. The molecule has 1 N–H and O–H groups in total. The molecule has 3 aromatic rings. The minimum atomic E-state index is -0.911. The van der Waals surface area contributed by atoms with Crippen LogP contribution in [0.5, 0.6) is 0 Å². The summed E-state index contributed by atoms with van der Waals surface area (Å²) in [4.78, 5) is 11.6. The van der Waals surface area contributed by atoms with Gasteiger partial charge in [0.25, 0.3) is 0 Å². The van der Waals surface area contributed by atoms with Crippen molar-refractivity contribution in [3.63, 3.8) is 0 Å². The molecule has 2 aromatic carbocycles. The van der Waals surface area contributed by atoms with E-state index in [2.05, 4.69) is 0 Å². The third kappa shape index (κ3) is 2.34. The first-order valence-corrected chi connectivity index (χ1v) is 6.72. The maximum absolute atomic E-state index is 11.6. The Morgan fingerprint density at radius 1 is 0.905 bits per heavy atom. The number of carboxylic acids is 1. The Kier molecular flexibility index (Phi) is 3.32. The number of benzene rings is 2. The molecule has 3 rings (SSSR count). The SMILES string of the molecule is Cn1c(-c2ccccc2)cc(C(=O)O)c1-c1ccccc1. The van der Waals surface area contributed by atoms with E-state index < -0.39 is 5.97 Å². The Labute approximate surface area is 123 Å². The molecule has 1 aromatic heterocycles. The average Bonchev–Trinajstić information content (AvgIpc) is 2.87. The van der Waals surface area contributed by atoms with E-state index in [0.717, 1.165) is 22.5 Å². The third-order valence-corrected chi connectivity index (χ3v) is 3.58. The van der Waals surface area contributed by atoms with Gasteiger partial charge in [0, 0.05) is 12.7 Å². The van der Waals surface area contributed by atoms with Crippen molar-refractivity contribution in [1.29, 1.82) is 0 Å². The number of aromatic nitrogens is 1. The highest BCUT2D eigenvalue weighted by molar-refractivity contribution is 5.97. The van der Waals surface area contributed by atoms with Crippen LogP contribution in [0.3, 0.4) is 0 Å². The number of hydrogen-bond acceptors (Lipinski definition) is 1. The molecular weight excluding hydrogens is 262 g/mol. The number of nitrogens with zero attached hydrogens (tertiary/aromatic N) is 1. The Morgan fingerprint density at radius 2 is 1.43 bits per heavy atom. The summed E-state index contributed by atoms with van der Waals surface area (Å²) in [7, 11) is 1.90. The van der Waals surface area contributed by atoms with E-state index >= 15 is 0 Å². The number of rotatable bonds is 3. The second kappa shape index (κ2) is 5.29. The van der Waals surface area contributed by atoms with E-state index in [0.29, 0.717) is 5.56 Å². The normalized spacial score (nSPS) is 10.5. The Morgan fingerprint density at radius 3 is 1.95 bits per heavy atom. The zero-order valence-electron chi connectivity index (χ0n) is 11.7. The summed E-state index contributed by atoms with van der Waals surface area (Å²) in [6, 6.07) is 21.1. The molecule has 0 aliphatic rings. The molecule has 0 saturated heterocycles. The largest absolute Gasteiger partial charge is 0.478 e. The lowest BCUT2D eigenvalue weighted by Gasteiger charge is -2.08. The molecule has 0 unspecified atom stereocenters. The first-order chi connectivity index (χ1) is 10.2. The van der Waals surface area contributed by atoms with Crippen LogP contribution in [-0.4, -0.2) is 15.6 Å². The molecule has 0 radical (unpaired) electrons. The van der Waals surface area contributed by atoms with E-state index in [-0.39, 0.29) is 0 Å². The molecule has 0 spiro atoms. The molecule has 0 aliphatic heterocycles. The van der Waals surface area contributed by atoms with Gasteiger partial charge >= 0.3 is 5.97 Å². The van der Waals surface area contributed by atoms with E-state index in [1.165, 1.54) is 0 Å². The minimum Gasteiger partial charge on any atom is -0.478 e. The highest BCUT2D eigenvalue weighted by Crippen LogP contribution is 2.31. The van der Waals surface area contributed by atoms with Gasteiger partial charge in [0.2, 0.25) is 0 Å². The molecule has 0 bridgehead atoms. The number of carboxylic acid groups (broad SMARTS) is 1. The number of carbonyl (C=O) groups is 1. The summed E-state index contributed by atoms with van der Waals surface area (Å²) in [5.41, 5.74) is 3.85. The van der Waals surface area contributed by atoms with Crippen LogP contribution in [0.1, 0.15) is 10.4 Å². The van der Waals surface area contributed by atoms with Crippen LogP contribution < -0.4 is 0 Å². The topological polar surface area (TPSA) is 42.2 Å². The molecule has 0 atom stereocenters. The van der Waals surface area contributed by atoms with Gasteiger partial charge in [-0.05, 0) is 17.2 Å². The van der Waals surface area contributed by atoms with Crippen molar-refractivity contribution in [2.24, 2.45) is 7.05 Å². The summed E-state index contributed by atoms with van der Waals surface area (Å²) < 4.78 is 1.94. The van der Waals surface area contributed by atoms with E-state index in [1.54, 1.807) is 6.07 Å². The second-order valence-electron chi connectivity index (χ2n) is 4.89. The van der Waals surface area contributed by atoms with E-state index in [1.807, 2.05) is 72.3 Å². The summed E-state index contributed by atoms with van der Waals surface area (Å²) in [6.07, 6.45) is 0. The first kappa shape index (κ1) is 13.2. The molecular formula is C18H15NO2. The quantitative estimate of drug-likeness (QED) is 0.784. The van der Waals surface area contributed by atoms with Crippen molar-refractivity contribution in [3.05, 3.63) is 72.3 Å². The predicted molar refractivity (Wildman–Crippen MR) is 83.2 cm³/mol. The number of aromatic carboxylic acids is 1. The Balaban J connectivity index is 2.25. The van der Waals surface area contributed by atoms with Crippen LogP contribution in [0.4, 0.5) is 0 Å². The maximum atomic E-state index is 11.6. The van der Waals surface area contributed by atoms with Crippen molar-refractivity contribution in [2.75, 3.05) is 0 Å². The molecule has 1 heterocycles. The molecule has 21 heavy (non-hydrogen) atoms. The van der Waals surface area contributed by atoms with Gasteiger partial charge in [0.15, 0.2) is 0 Å². The minimum absolute atomic E-state index is 0.322. The molecule has 0 saturated carbocycles. The summed E-state index contributed by atoms with van der Waals surface area (Å²) >= 11 is 0. The van der Waals surface area contributed by atoms with Crippen molar-refractivity contribution < 1.29 is 9.90 Å². The van der Waals surface area contributed by atoms with Crippen molar-refractivity contribution in [1.82, 2.24) is 4.57 Å². The van der Waals surface area contributed by atoms with Gasteiger partial charge in [0.05, 0.1) is 11.3 Å². The molecule has 0 fully saturated rings. The standard InChI is InChI=1S/C18H15NO2/c1-19-16(13-8-4-2-5-9-13)12-15(18(20)21)17(19)14-10-6-3-7-11-14/h2-12H,1H3,(H,20,21). The van der Waals surface area contributed by atoms with Gasteiger partial charge in [-0.1, -0.05) is 60.7 Å². The fourth-order valence-electron chi connectivity index (χ4n) is 2.60. The van der Waals surface area contributed by atoms with Gasteiger partial charge < -0.3 is 9.67 Å². The monoisotopic (exact) mass is 277 g/mol. The van der Waals surface area contributed by atoms with E-state index in [4.69, 9.17) is 0 Å². The lowest BCUT2D eigenvalue weighted by molar-refractivity contribution is 0.0698. The van der Waals surface area contributed by atoms with Gasteiger partial charge in [-0.2, -0.15) is 0 Å². The summed E-state index contributed by atoms with van der Waals surface area (Å²) in [6.45, 7) is 0. The zero-order chi connectivity index (χ0) is 14.8. The predicted octanol–water partition coefficient (Wildman–Crippen LogP) is 4.06. The van der Waals surface area contributed by atoms with Gasteiger partial charge in [-0.25, -0.2) is 4.79 Å². The fraction of sp³-hybridized carbons (Fsp3) is 0.0556. The highest BCUT2D eigenvalue weighted by Gasteiger charge is 2.19. The van der Waals surface area contributed by atoms with Crippen LogP contribution >= 0.6 is 0 Å². The third-order valence-electron chi connectivity index (χ3n) is 3.58. The van der Waals surface area contributed by atoms with E-state index in [9.17, 15) is 9.90 Å². The highest BCUT2D eigenvalue weighted by atomic mass is 16.4. The van der Waals surface area contributed by atoms with Crippen LogP contribution in [-0.2, 0) is 7.05 Å². The summed E-state index contributed by atoms with van der Waals surface area (Å²) in [5, 5.41) is 9.50. The number of hydrogen-bond donors (Lipinski definition) is 1. The molecule has 0 aliphatic carbocycles. The first-order valence-electron chi connectivity index (χ1n) is 6.72. The van der Waals surface area contributed by atoms with Gasteiger partial charge in [-0.3, -0.25) is 0 Å². The average molecular weight is 277 g/mol. The Bertz CT molecular complexity index is 774. The van der Waals surface area contributed by atoms with Crippen LogP contribution in [0, 0.1) is 0 Å². The van der Waals surface area contributed by atoms with Crippen LogP contribution in [0.15, 0.2) is 66.7 Å². The zero-order valence-corrected chi connectivity index (χ0v) is 11.7. The molecule has 104 valence electrons. The lowest BCUT2D eigenvalue weighted by Crippen LogP contribution is -2.00. The molecule has 3 heteroatoms. The van der Waals surface area contributed by atoms with Gasteiger partial charge in [-0.15, -0.1) is 0 Å². The van der Waals surface area contributed by atoms with Crippen molar-refractivity contribution in [2.45, 2.75) is 0 Å². The van der Waals surface area contributed by atoms with Crippen LogP contribution in [0.2, 0.25) is 0 Å². The second-order valence-corrected chi connectivity index (χ2v) is 4.89. The fourth-order valence-corrected chi connectivity index (χ4v) is 2.60. The molecule has 0 amide bonds. The maximum Gasteiger partial charge on any atom is 0.337 e. The Hall–Kier alpha value is -2.81. The van der Waals surface area contributed by atoms with Crippen molar-refractivity contribution >= 4 is 5.97 Å². The van der Waals surface area contributed by atoms with Gasteiger partial charge in [0.1, 0.15) is 0 Å². The lowest BCUT2D eigenvalue weighted by atomic mass is 10.1. The van der Waals surface area contributed by atoms with Crippen molar-refractivity contribution in [3.8, 4) is 22.5 Å². The summed E-state index contributed by atoms with van der Waals surface area (Å²) in [5.74, 6) is -0.911.